The first-order valence-electron chi connectivity index (χ1n) is 5.43. The van der Waals surface area contributed by atoms with Crippen LogP contribution < -0.4 is 0 Å². The molecule has 90 valence electrons. The Morgan fingerprint density at radius 2 is 1.81 bits per heavy atom. The predicted octanol–water partition coefficient (Wildman–Crippen LogP) is 1.12. The van der Waals surface area contributed by atoms with Crippen molar-refractivity contribution in [2.45, 2.75) is 45.3 Å². The molecule has 0 aromatic heterocycles. The lowest BCUT2D eigenvalue weighted by molar-refractivity contribution is -0.160. The molecular weight excluding hydrogens is 212 g/mol. The Kier molecular flexibility index (Phi) is 2.28. The Hall–Kier alpha value is -1.10. The molecule has 0 amide bonds. The van der Waals surface area contributed by atoms with Crippen LogP contribution in [0.4, 0.5) is 0 Å². The summed E-state index contributed by atoms with van der Waals surface area (Å²) < 4.78 is 5.62. The van der Waals surface area contributed by atoms with E-state index in [0.29, 0.717) is 6.42 Å². The van der Waals surface area contributed by atoms with E-state index >= 15 is 0 Å². The van der Waals surface area contributed by atoms with Gasteiger partial charge in [-0.25, -0.2) is 0 Å². The van der Waals surface area contributed by atoms with Gasteiger partial charge >= 0.3 is 11.9 Å². The fourth-order valence-electron chi connectivity index (χ4n) is 3.23. The first kappa shape index (κ1) is 11.4. The van der Waals surface area contributed by atoms with Crippen molar-refractivity contribution < 1.29 is 24.5 Å². The van der Waals surface area contributed by atoms with Crippen LogP contribution in [0.3, 0.4) is 0 Å². The molecule has 0 saturated carbocycles. The molecule has 16 heavy (non-hydrogen) atoms. The van der Waals surface area contributed by atoms with Crippen LogP contribution in [0.2, 0.25) is 0 Å². The quantitative estimate of drug-likeness (QED) is 0.756. The summed E-state index contributed by atoms with van der Waals surface area (Å²) in [5.74, 6) is -1.92. The van der Waals surface area contributed by atoms with E-state index in [1.165, 1.54) is 0 Å². The average Bonchev–Trinajstić information content (AvgIpc) is 2.68. The first-order valence-corrected chi connectivity index (χ1v) is 5.43. The summed E-state index contributed by atoms with van der Waals surface area (Å²) in [7, 11) is 0. The summed E-state index contributed by atoms with van der Waals surface area (Å²) in [5, 5.41) is 18.3. The molecule has 2 fully saturated rings. The standard InChI is InChI=1S/C11H16O5/c1-10(5-8(12)13)6-3-4-7(16-6)11(10,2)9(14)15/h6-7H,3-5H2,1-2H3,(H,12,13)(H,14,15)/t6?,7?,10-,11-/m0/s1. The van der Waals surface area contributed by atoms with Gasteiger partial charge in [-0.05, 0) is 19.8 Å². The maximum Gasteiger partial charge on any atom is 0.312 e. The first-order chi connectivity index (χ1) is 7.32. The number of hydrogen-bond acceptors (Lipinski definition) is 3. The second-order valence-corrected chi connectivity index (χ2v) is 5.19. The van der Waals surface area contributed by atoms with Crippen LogP contribution in [0, 0.1) is 10.8 Å². The molecule has 2 bridgehead atoms. The van der Waals surface area contributed by atoms with Crippen molar-refractivity contribution in [1.29, 1.82) is 0 Å². The smallest absolute Gasteiger partial charge is 0.312 e. The fourth-order valence-corrected chi connectivity index (χ4v) is 3.23. The number of carboxylic acid groups (broad SMARTS) is 2. The maximum absolute atomic E-state index is 11.4. The van der Waals surface area contributed by atoms with E-state index in [-0.39, 0.29) is 18.6 Å². The summed E-state index contributed by atoms with van der Waals surface area (Å²) in [6.45, 7) is 3.33. The van der Waals surface area contributed by atoms with Gasteiger partial charge in [-0.2, -0.15) is 0 Å². The molecule has 4 atom stereocenters. The molecule has 0 radical (unpaired) electrons. The second-order valence-electron chi connectivity index (χ2n) is 5.19. The van der Waals surface area contributed by atoms with Crippen LogP contribution >= 0.6 is 0 Å². The number of fused-ring (bicyclic) bond motifs is 2. The highest BCUT2D eigenvalue weighted by atomic mass is 16.5. The van der Waals surface area contributed by atoms with Crippen LogP contribution in [-0.4, -0.2) is 34.4 Å². The van der Waals surface area contributed by atoms with E-state index < -0.39 is 22.8 Å². The minimum absolute atomic E-state index is 0.156. The molecule has 2 aliphatic rings. The van der Waals surface area contributed by atoms with E-state index in [9.17, 15) is 14.7 Å². The van der Waals surface area contributed by atoms with Gasteiger partial charge in [0, 0.05) is 5.41 Å². The van der Waals surface area contributed by atoms with Gasteiger partial charge in [0.2, 0.25) is 0 Å². The Bertz CT molecular complexity index is 352. The number of carbonyl (C=O) groups is 2. The summed E-state index contributed by atoms with van der Waals surface area (Å²) in [5.41, 5.74) is -1.90. The molecule has 2 unspecified atom stereocenters. The third kappa shape index (κ3) is 1.15. The molecular formula is C11H16O5. The zero-order valence-electron chi connectivity index (χ0n) is 9.40. The molecule has 2 rings (SSSR count). The van der Waals surface area contributed by atoms with E-state index in [0.717, 1.165) is 6.42 Å². The molecule has 0 aliphatic carbocycles. The average molecular weight is 228 g/mol. The van der Waals surface area contributed by atoms with Crippen LogP contribution in [0.15, 0.2) is 0 Å². The molecule has 5 nitrogen and oxygen atoms in total. The molecule has 2 heterocycles. The minimum Gasteiger partial charge on any atom is -0.481 e. The van der Waals surface area contributed by atoms with E-state index in [1.807, 2.05) is 0 Å². The van der Waals surface area contributed by atoms with Crippen LogP contribution in [-0.2, 0) is 14.3 Å². The van der Waals surface area contributed by atoms with Crippen LogP contribution in [0.5, 0.6) is 0 Å². The molecule has 0 aromatic rings. The van der Waals surface area contributed by atoms with Gasteiger partial charge in [0.05, 0.1) is 24.0 Å². The van der Waals surface area contributed by atoms with Crippen molar-refractivity contribution in [3.63, 3.8) is 0 Å². The summed E-state index contributed by atoms with van der Waals surface area (Å²) in [6.07, 6.45) is 0.728. The van der Waals surface area contributed by atoms with Gasteiger partial charge in [-0.3, -0.25) is 9.59 Å². The number of rotatable bonds is 3. The molecule has 5 heteroatoms. The zero-order valence-corrected chi connectivity index (χ0v) is 9.40. The summed E-state index contributed by atoms with van der Waals surface area (Å²) in [6, 6.07) is 0. The van der Waals surface area contributed by atoms with Gasteiger partial charge in [0.1, 0.15) is 0 Å². The third-order valence-electron chi connectivity index (χ3n) is 4.52. The lowest BCUT2D eigenvalue weighted by atomic mass is 9.56. The van der Waals surface area contributed by atoms with Crippen molar-refractivity contribution >= 4 is 11.9 Å². The third-order valence-corrected chi connectivity index (χ3v) is 4.52. The number of ether oxygens (including phenoxy) is 1. The van der Waals surface area contributed by atoms with Crippen molar-refractivity contribution in [3.8, 4) is 0 Å². The van der Waals surface area contributed by atoms with Gasteiger partial charge in [0.15, 0.2) is 0 Å². The Morgan fingerprint density at radius 3 is 2.31 bits per heavy atom. The van der Waals surface area contributed by atoms with Crippen molar-refractivity contribution in [2.75, 3.05) is 0 Å². The number of carboxylic acids is 2. The topological polar surface area (TPSA) is 83.8 Å². The molecule has 2 N–H and O–H groups in total. The van der Waals surface area contributed by atoms with Crippen molar-refractivity contribution in [3.05, 3.63) is 0 Å². The van der Waals surface area contributed by atoms with E-state index in [1.54, 1.807) is 13.8 Å². The summed E-state index contributed by atoms with van der Waals surface area (Å²) >= 11 is 0. The van der Waals surface area contributed by atoms with Crippen molar-refractivity contribution in [2.24, 2.45) is 10.8 Å². The van der Waals surface area contributed by atoms with Gasteiger partial charge < -0.3 is 14.9 Å². The van der Waals surface area contributed by atoms with Crippen molar-refractivity contribution in [1.82, 2.24) is 0 Å². The highest BCUT2D eigenvalue weighted by molar-refractivity contribution is 5.79. The monoisotopic (exact) mass is 228 g/mol. The molecule has 2 aliphatic heterocycles. The number of aliphatic carboxylic acids is 2. The lowest BCUT2D eigenvalue weighted by Gasteiger charge is -2.42. The van der Waals surface area contributed by atoms with Gasteiger partial charge in [0.25, 0.3) is 0 Å². The Labute approximate surface area is 93.4 Å². The van der Waals surface area contributed by atoms with E-state index in [2.05, 4.69) is 0 Å². The lowest BCUT2D eigenvalue weighted by Crippen LogP contribution is -2.52. The highest BCUT2D eigenvalue weighted by Gasteiger charge is 2.68. The molecule has 2 saturated heterocycles. The SMILES string of the molecule is C[C@]1(CC(=O)O)C2CCC(O2)[C@@]1(C)C(=O)O. The molecule has 0 aromatic carbocycles. The molecule has 0 spiro atoms. The normalized spacial score (nSPS) is 45.9. The van der Waals surface area contributed by atoms with Gasteiger partial charge in [-0.1, -0.05) is 6.92 Å². The Balaban J connectivity index is 2.41. The predicted molar refractivity (Wildman–Crippen MR) is 54.0 cm³/mol. The van der Waals surface area contributed by atoms with Crippen LogP contribution in [0.1, 0.15) is 33.1 Å². The maximum atomic E-state index is 11.4. The zero-order chi connectivity index (χ0) is 12.1. The fraction of sp³-hybridized carbons (Fsp3) is 0.818. The second kappa shape index (κ2) is 3.20. The Morgan fingerprint density at radius 1 is 1.25 bits per heavy atom. The van der Waals surface area contributed by atoms with E-state index in [4.69, 9.17) is 9.84 Å². The minimum atomic E-state index is -1.09. The summed E-state index contributed by atoms with van der Waals surface area (Å²) in [4.78, 5) is 22.3. The number of hydrogen-bond donors (Lipinski definition) is 2. The van der Waals surface area contributed by atoms with Crippen LogP contribution in [0.25, 0.3) is 0 Å². The largest absolute Gasteiger partial charge is 0.481 e. The van der Waals surface area contributed by atoms with Gasteiger partial charge in [-0.15, -0.1) is 0 Å². The highest BCUT2D eigenvalue weighted by Crippen LogP contribution is 2.61.